The van der Waals surface area contributed by atoms with Crippen LogP contribution in [0, 0.1) is 6.92 Å². The molecule has 1 aromatic carbocycles. The summed E-state index contributed by atoms with van der Waals surface area (Å²) < 4.78 is 1.63. The highest BCUT2D eigenvalue weighted by molar-refractivity contribution is 5.98. The summed E-state index contributed by atoms with van der Waals surface area (Å²) in [4.78, 5) is 16.0. The third-order valence-corrected chi connectivity index (χ3v) is 2.74. The maximum absolute atomic E-state index is 11.8. The van der Waals surface area contributed by atoms with Crippen LogP contribution >= 0.6 is 0 Å². The number of aromatic nitrogens is 3. The summed E-state index contributed by atoms with van der Waals surface area (Å²) in [6, 6.07) is 12.6. The number of anilines is 2. The van der Waals surface area contributed by atoms with Crippen molar-refractivity contribution in [2.24, 2.45) is 0 Å². The first-order chi connectivity index (χ1) is 9.70. The van der Waals surface area contributed by atoms with Gasteiger partial charge in [0.15, 0.2) is 5.65 Å². The van der Waals surface area contributed by atoms with Gasteiger partial charge in [0.2, 0.25) is 0 Å². The molecule has 0 atom stereocenters. The Bertz CT molecular complexity index is 751. The van der Waals surface area contributed by atoms with Gasteiger partial charge in [0.1, 0.15) is 0 Å². The average Bonchev–Trinajstić information content (AvgIpc) is 2.80. The summed E-state index contributed by atoms with van der Waals surface area (Å²) in [5, 5.41) is 9.50. The molecule has 2 heterocycles. The van der Waals surface area contributed by atoms with Gasteiger partial charge in [0.25, 0.3) is 5.95 Å². The van der Waals surface area contributed by atoms with Crippen LogP contribution in [0.4, 0.5) is 16.4 Å². The zero-order valence-corrected chi connectivity index (χ0v) is 10.9. The van der Waals surface area contributed by atoms with Gasteiger partial charge in [-0.3, -0.25) is 5.32 Å². The molecular formula is C14H13N5O. The molecule has 0 saturated carbocycles. The van der Waals surface area contributed by atoms with Crippen molar-refractivity contribution in [1.29, 1.82) is 0 Å². The lowest BCUT2D eigenvalue weighted by molar-refractivity contribution is 0.262. The molecule has 2 amide bonds. The van der Waals surface area contributed by atoms with E-state index in [1.807, 2.05) is 43.5 Å². The van der Waals surface area contributed by atoms with E-state index < -0.39 is 0 Å². The Morgan fingerprint density at radius 1 is 1.10 bits per heavy atom. The maximum Gasteiger partial charge on any atom is 0.326 e. The zero-order valence-electron chi connectivity index (χ0n) is 10.9. The van der Waals surface area contributed by atoms with E-state index in [4.69, 9.17) is 0 Å². The molecule has 100 valence electrons. The molecule has 3 aromatic rings. The summed E-state index contributed by atoms with van der Waals surface area (Å²) in [7, 11) is 0. The minimum absolute atomic E-state index is 0.268. The van der Waals surface area contributed by atoms with E-state index in [1.54, 1.807) is 16.6 Å². The monoisotopic (exact) mass is 267 g/mol. The van der Waals surface area contributed by atoms with Gasteiger partial charge in [-0.2, -0.15) is 4.98 Å². The van der Waals surface area contributed by atoms with Gasteiger partial charge in [-0.25, -0.2) is 9.31 Å². The Kier molecular flexibility index (Phi) is 3.04. The van der Waals surface area contributed by atoms with Crippen molar-refractivity contribution in [3.63, 3.8) is 0 Å². The van der Waals surface area contributed by atoms with E-state index in [9.17, 15) is 4.79 Å². The summed E-state index contributed by atoms with van der Waals surface area (Å²) in [5.41, 5.74) is 2.47. The minimum atomic E-state index is -0.371. The summed E-state index contributed by atoms with van der Waals surface area (Å²) in [5.74, 6) is 0.268. The predicted molar refractivity (Wildman–Crippen MR) is 76.8 cm³/mol. The molecule has 0 unspecified atom stereocenters. The molecule has 6 heteroatoms. The Balaban J connectivity index is 1.74. The highest BCUT2D eigenvalue weighted by Gasteiger charge is 2.07. The van der Waals surface area contributed by atoms with Crippen molar-refractivity contribution in [3.05, 3.63) is 54.2 Å². The highest BCUT2D eigenvalue weighted by atomic mass is 16.2. The number of carbonyl (C=O) groups is 1. The third kappa shape index (κ3) is 2.59. The lowest BCUT2D eigenvalue weighted by Gasteiger charge is -2.03. The number of urea groups is 1. The van der Waals surface area contributed by atoms with Gasteiger partial charge in [0, 0.05) is 11.9 Å². The summed E-state index contributed by atoms with van der Waals surface area (Å²) >= 11 is 0. The maximum atomic E-state index is 11.8. The molecule has 0 spiro atoms. The second-order valence-electron chi connectivity index (χ2n) is 4.39. The first kappa shape index (κ1) is 12.2. The summed E-state index contributed by atoms with van der Waals surface area (Å²) in [6.45, 7) is 1.97. The molecule has 0 aliphatic rings. The number of nitrogens with zero attached hydrogens (tertiary/aromatic N) is 3. The average molecular weight is 267 g/mol. The fourth-order valence-corrected chi connectivity index (χ4v) is 1.82. The molecule has 20 heavy (non-hydrogen) atoms. The second kappa shape index (κ2) is 5.00. The highest BCUT2D eigenvalue weighted by Crippen LogP contribution is 2.09. The fraction of sp³-hybridized carbons (Fsp3) is 0.0714. The number of pyridine rings is 1. The smallest absolute Gasteiger partial charge is 0.308 e. The molecular weight excluding hydrogens is 254 g/mol. The van der Waals surface area contributed by atoms with Crippen molar-refractivity contribution in [1.82, 2.24) is 14.6 Å². The van der Waals surface area contributed by atoms with Crippen LogP contribution in [-0.2, 0) is 0 Å². The van der Waals surface area contributed by atoms with Crippen LogP contribution in [0.1, 0.15) is 5.56 Å². The molecule has 0 aliphatic carbocycles. The Labute approximate surface area is 115 Å². The van der Waals surface area contributed by atoms with Crippen molar-refractivity contribution in [2.45, 2.75) is 6.92 Å². The standard InChI is InChI=1S/C14H13N5O/c1-10-7-8-12-16-13(18-19(12)9-10)17-14(20)15-11-5-3-2-4-6-11/h2-9H,1H3,(H2,15,17,18,20). The van der Waals surface area contributed by atoms with E-state index in [0.717, 1.165) is 5.56 Å². The molecule has 0 aliphatic heterocycles. The number of hydrogen-bond donors (Lipinski definition) is 2. The van der Waals surface area contributed by atoms with Crippen LogP contribution in [0.25, 0.3) is 5.65 Å². The molecule has 2 aromatic heterocycles. The van der Waals surface area contributed by atoms with Crippen LogP contribution in [0.2, 0.25) is 0 Å². The van der Waals surface area contributed by atoms with Gasteiger partial charge in [-0.15, -0.1) is 5.10 Å². The number of para-hydroxylation sites is 1. The lowest BCUT2D eigenvalue weighted by atomic mass is 10.3. The SMILES string of the molecule is Cc1ccc2nc(NC(=O)Nc3ccccc3)nn2c1. The van der Waals surface area contributed by atoms with Gasteiger partial charge >= 0.3 is 6.03 Å². The molecule has 0 radical (unpaired) electrons. The van der Waals surface area contributed by atoms with Gasteiger partial charge < -0.3 is 5.32 Å². The lowest BCUT2D eigenvalue weighted by Crippen LogP contribution is -2.20. The summed E-state index contributed by atoms with van der Waals surface area (Å²) in [6.07, 6.45) is 1.85. The zero-order chi connectivity index (χ0) is 13.9. The first-order valence-electron chi connectivity index (χ1n) is 6.17. The number of benzene rings is 1. The van der Waals surface area contributed by atoms with Crippen LogP contribution in [0.15, 0.2) is 48.7 Å². The van der Waals surface area contributed by atoms with Gasteiger partial charge in [-0.05, 0) is 30.7 Å². The topological polar surface area (TPSA) is 71.3 Å². The fourth-order valence-electron chi connectivity index (χ4n) is 1.82. The number of rotatable bonds is 2. The van der Waals surface area contributed by atoms with Crippen molar-refractivity contribution < 1.29 is 4.79 Å². The number of nitrogens with one attached hydrogen (secondary N) is 2. The quantitative estimate of drug-likeness (QED) is 0.749. The van der Waals surface area contributed by atoms with Crippen molar-refractivity contribution in [3.8, 4) is 0 Å². The number of fused-ring (bicyclic) bond motifs is 1. The Hall–Kier alpha value is -2.89. The normalized spacial score (nSPS) is 10.4. The van der Waals surface area contributed by atoms with Crippen LogP contribution in [0.3, 0.4) is 0 Å². The van der Waals surface area contributed by atoms with Crippen LogP contribution < -0.4 is 10.6 Å². The largest absolute Gasteiger partial charge is 0.326 e. The Morgan fingerprint density at radius 3 is 2.70 bits per heavy atom. The van der Waals surface area contributed by atoms with E-state index in [0.29, 0.717) is 11.3 Å². The number of aryl methyl sites for hydroxylation is 1. The number of hydrogen-bond acceptors (Lipinski definition) is 3. The first-order valence-corrected chi connectivity index (χ1v) is 6.17. The molecule has 0 saturated heterocycles. The molecule has 3 rings (SSSR count). The number of carbonyl (C=O) groups excluding carboxylic acids is 1. The van der Waals surface area contributed by atoms with Gasteiger partial charge in [0.05, 0.1) is 0 Å². The van der Waals surface area contributed by atoms with E-state index in [-0.39, 0.29) is 12.0 Å². The molecule has 6 nitrogen and oxygen atoms in total. The third-order valence-electron chi connectivity index (χ3n) is 2.74. The molecule has 0 bridgehead atoms. The molecule has 2 N–H and O–H groups in total. The van der Waals surface area contributed by atoms with E-state index >= 15 is 0 Å². The van der Waals surface area contributed by atoms with Crippen molar-refractivity contribution in [2.75, 3.05) is 10.6 Å². The van der Waals surface area contributed by atoms with E-state index in [2.05, 4.69) is 20.7 Å². The molecule has 0 fully saturated rings. The van der Waals surface area contributed by atoms with Crippen LogP contribution in [0.5, 0.6) is 0 Å². The van der Waals surface area contributed by atoms with Crippen molar-refractivity contribution >= 4 is 23.3 Å². The van der Waals surface area contributed by atoms with Crippen LogP contribution in [-0.4, -0.2) is 20.6 Å². The predicted octanol–water partition coefficient (Wildman–Crippen LogP) is 2.68. The van der Waals surface area contributed by atoms with Gasteiger partial charge in [-0.1, -0.05) is 24.3 Å². The minimum Gasteiger partial charge on any atom is -0.308 e. The van der Waals surface area contributed by atoms with E-state index in [1.165, 1.54) is 0 Å². The Morgan fingerprint density at radius 2 is 1.90 bits per heavy atom. The second-order valence-corrected chi connectivity index (χ2v) is 4.39. The number of amides is 2.